The molecule has 0 spiro atoms. The van der Waals surface area contributed by atoms with Crippen LogP contribution in [0.25, 0.3) is 0 Å². The van der Waals surface area contributed by atoms with Crippen molar-refractivity contribution in [3.8, 4) is 5.75 Å². The van der Waals surface area contributed by atoms with E-state index in [-0.39, 0.29) is 6.42 Å². The third-order valence-corrected chi connectivity index (χ3v) is 7.90. The van der Waals surface area contributed by atoms with Crippen LogP contribution in [0.5, 0.6) is 5.75 Å². The zero-order chi connectivity index (χ0) is 35.2. The van der Waals surface area contributed by atoms with Crippen LogP contribution in [0.3, 0.4) is 0 Å². The Hall–Kier alpha value is -3.99. The lowest BCUT2D eigenvalue weighted by Gasteiger charge is -2.31. The van der Waals surface area contributed by atoms with E-state index < -0.39 is 47.6 Å². The first kappa shape index (κ1) is 41.0. The topological polar surface area (TPSA) is 205 Å². The second-order valence-electron chi connectivity index (χ2n) is 12.4. The average Bonchev–Trinajstić information content (AvgIpc) is 2.99. The first-order chi connectivity index (χ1) is 22.3. The molecule has 0 unspecified atom stereocenters. The number of Topliss-reactive ketones (excluding diaryl/α,β-unsaturated/α-hetero) is 1. The van der Waals surface area contributed by atoms with Gasteiger partial charge in [0.1, 0.15) is 24.2 Å². The minimum absolute atomic E-state index is 0.0257. The molecule has 4 amide bonds. The van der Waals surface area contributed by atoms with Gasteiger partial charge in [0.05, 0.1) is 12.3 Å². The van der Waals surface area contributed by atoms with Crippen molar-refractivity contribution in [3.63, 3.8) is 0 Å². The van der Waals surface area contributed by atoms with Gasteiger partial charge in [-0.05, 0) is 63.3 Å². The molecule has 47 heavy (non-hydrogen) atoms. The Labute approximate surface area is 279 Å². The largest absolute Gasteiger partial charge is 0.490 e. The standard InChI is InChI=1S/C36H56N4O7/c1-4-5-6-9-12-15-28(41)16-13-10-7-8-11-14-17-30(36(46,35(39)45)25-32(37)42)34(44)40-31(33(38)43)24-27-18-20-29(21-19-27)47-23-22-26(2)3/h14,17-22,30-31,46H,4-13,15-16,23-25H2,1-3H3,(H2,37,42)(H2,38,43)(H2,39,45)(H,40,44)/b17-14+/t30-,31-,36-/m0/s1. The fourth-order valence-electron chi connectivity index (χ4n) is 5.05. The van der Waals surface area contributed by atoms with E-state index in [1.165, 1.54) is 25.3 Å². The zero-order valence-corrected chi connectivity index (χ0v) is 28.4. The van der Waals surface area contributed by atoms with Crippen molar-refractivity contribution in [1.29, 1.82) is 0 Å². The van der Waals surface area contributed by atoms with Crippen molar-refractivity contribution < 1.29 is 33.8 Å². The highest BCUT2D eigenvalue weighted by atomic mass is 16.5. The minimum Gasteiger partial charge on any atom is -0.490 e. The molecule has 1 aromatic carbocycles. The highest BCUT2D eigenvalue weighted by molar-refractivity contribution is 5.97. The van der Waals surface area contributed by atoms with Gasteiger partial charge < -0.3 is 32.4 Å². The molecule has 262 valence electrons. The third kappa shape index (κ3) is 16.9. The Morgan fingerprint density at radius 1 is 0.894 bits per heavy atom. The van der Waals surface area contributed by atoms with E-state index in [4.69, 9.17) is 21.9 Å². The molecule has 1 aromatic rings. The van der Waals surface area contributed by atoms with Crippen LogP contribution in [-0.2, 0) is 30.4 Å². The van der Waals surface area contributed by atoms with Crippen LogP contribution in [0, 0.1) is 5.92 Å². The maximum Gasteiger partial charge on any atom is 0.251 e. The van der Waals surface area contributed by atoms with Crippen LogP contribution in [-0.4, -0.2) is 52.8 Å². The van der Waals surface area contributed by atoms with E-state index in [1.54, 1.807) is 30.3 Å². The molecular weight excluding hydrogens is 600 g/mol. The second kappa shape index (κ2) is 22.5. The first-order valence-corrected chi connectivity index (χ1v) is 16.7. The summed E-state index contributed by atoms with van der Waals surface area (Å²) in [6, 6.07) is 5.72. The summed E-state index contributed by atoms with van der Waals surface area (Å²) < 4.78 is 5.65. The third-order valence-electron chi connectivity index (χ3n) is 7.90. The summed E-state index contributed by atoms with van der Waals surface area (Å²) in [5, 5.41) is 13.6. The number of nitrogens with one attached hydrogen (secondary N) is 1. The molecule has 0 aliphatic heterocycles. The van der Waals surface area contributed by atoms with E-state index in [0.29, 0.717) is 43.0 Å². The Balaban J connectivity index is 2.84. The van der Waals surface area contributed by atoms with Crippen LogP contribution >= 0.6 is 0 Å². The van der Waals surface area contributed by atoms with Crippen molar-refractivity contribution in [1.82, 2.24) is 5.32 Å². The number of ether oxygens (including phenoxy) is 1. The number of aliphatic hydroxyl groups is 1. The number of amides is 4. The van der Waals surface area contributed by atoms with Gasteiger partial charge >= 0.3 is 0 Å². The normalized spacial score (nSPS) is 13.7. The Bertz CT molecular complexity index is 1210. The van der Waals surface area contributed by atoms with Crippen molar-refractivity contribution in [3.05, 3.63) is 53.6 Å². The molecule has 11 nitrogen and oxygen atoms in total. The molecule has 8 N–H and O–H groups in total. The number of carbonyl (C=O) groups is 5. The predicted octanol–water partition coefficient (Wildman–Crippen LogP) is 4.08. The molecule has 11 heteroatoms. The van der Waals surface area contributed by atoms with E-state index in [1.807, 2.05) is 19.9 Å². The summed E-state index contributed by atoms with van der Waals surface area (Å²) >= 11 is 0. The molecule has 0 heterocycles. The lowest BCUT2D eigenvalue weighted by molar-refractivity contribution is -0.152. The van der Waals surface area contributed by atoms with E-state index in [9.17, 15) is 29.1 Å². The highest BCUT2D eigenvalue weighted by Crippen LogP contribution is 2.25. The summed E-state index contributed by atoms with van der Waals surface area (Å²) in [6.07, 6.45) is 14.6. The SMILES string of the molecule is CCCCCCCC(=O)CCCCCC/C=C/[C@@H](C(=O)N[C@@H](Cc1ccc(OCC=C(C)C)cc1)C(N)=O)[C@@](O)(CC(N)=O)C(N)=O. The number of allylic oxidation sites excluding steroid dienone is 2. The van der Waals surface area contributed by atoms with E-state index >= 15 is 0 Å². The van der Waals surface area contributed by atoms with Gasteiger partial charge in [-0.25, -0.2) is 0 Å². The van der Waals surface area contributed by atoms with Gasteiger partial charge in [-0.2, -0.15) is 0 Å². The molecule has 0 bridgehead atoms. The van der Waals surface area contributed by atoms with Crippen molar-refractivity contribution >= 4 is 29.4 Å². The van der Waals surface area contributed by atoms with E-state index in [2.05, 4.69) is 12.2 Å². The summed E-state index contributed by atoms with van der Waals surface area (Å²) in [7, 11) is 0. The summed E-state index contributed by atoms with van der Waals surface area (Å²) in [5.74, 6) is -4.79. The fraction of sp³-hybridized carbons (Fsp3) is 0.583. The van der Waals surface area contributed by atoms with Gasteiger partial charge in [-0.3, -0.25) is 24.0 Å². The number of hydrogen-bond acceptors (Lipinski definition) is 7. The van der Waals surface area contributed by atoms with Crippen molar-refractivity contribution in [2.45, 2.75) is 122 Å². The van der Waals surface area contributed by atoms with Crippen LogP contribution in [0.2, 0.25) is 0 Å². The van der Waals surface area contributed by atoms with Crippen molar-refractivity contribution in [2.75, 3.05) is 6.61 Å². The molecule has 3 atom stereocenters. The fourth-order valence-corrected chi connectivity index (χ4v) is 5.05. The van der Waals surface area contributed by atoms with Crippen LogP contribution in [0.1, 0.15) is 110 Å². The van der Waals surface area contributed by atoms with E-state index in [0.717, 1.165) is 44.1 Å². The maximum atomic E-state index is 13.5. The molecule has 0 aliphatic carbocycles. The van der Waals surface area contributed by atoms with Crippen LogP contribution in [0.15, 0.2) is 48.1 Å². The molecule has 0 fully saturated rings. The van der Waals surface area contributed by atoms with Gasteiger partial charge in [0.25, 0.3) is 5.91 Å². The monoisotopic (exact) mass is 656 g/mol. The lowest BCUT2D eigenvalue weighted by atomic mass is 9.82. The highest BCUT2D eigenvalue weighted by Gasteiger charge is 2.47. The van der Waals surface area contributed by atoms with Gasteiger partial charge in [0, 0.05) is 19.3 Å². The summed E-state index contributed by atoms with van der Waals surface area (Å²) in [6.45, 7) is 6.50. The minimum atomic E-state index is -2.63. The quantitative estimate of drug-likeness (QED) is 0.0729. The molecule has 0 saturated heterocycles. The van der Waals surface area contributed by atoms with Crippen molar-refractivity contribution in [2.24, 2.45) is 23.1 Å². The number of carbonyl (C=O) groups excluding carboxylic acids is 5. The molecule has 0 aromatic heterocycles. The summed E-state index contributed by atoms with van der Waals surface area (Å²) in [4.78, 5) is 62.0. The molecule has 0 saturated carbocycles. The number of benzene rings is 1. The second-order valence-corrected chi connectivity index (χ2v) is 12.4. The molecule has 0 radical (unpaired) electrons. The maximum absolute atomic E-state index is 13.5. The van der Waals surface area contributed by atoms with Crippen LogP contribution < -0.4 is 27.3 Å². The Morgan fingerprint density at radius 2 is 1.49 bits per heavy atom. The number of nitrogens with two attached hydrogens (primary N) is 3. The Morgan fingerprint density at radius 3 is 2.02 bits per heavy atom. The average molecular weight is 657 g/mol. The number of unbranched alkanes of at least 4 members (excludes halogenated alkanes) is 8. The number of primary amides is 3. The zero-order valence-electron chi connectivity index (χ0n) is 28.4. The molecule has 1 rings (SSSR count). The van der Waals surface area contributed by atoms with Gasteiger partial charge in [0.2, 0.25) is 17.7 Å². The first-order valence-electron chi connectivity index (χ1n) is 16.7. The number of rotatable bonds is 26. The van der Waals surface area contributed by atoms with Gasteiger partial charge in [0.15, 0.2) is 5.60 Å². The number of ketones is 1. The Kier molecular flexibility index (Phi) is 19.7. The lowest BCUT2D eigenvalue weighted by Crippen LogP contribution is -2.58. The van der Waals surface area contributed by atoms with Gasteiger partial charge in [-0.15, -0.1) is 0 Å². The summed E-state index contributed by atoms with van der Waals surface area (Å²) in [5.41, 5.74) is 15.5. The predicted molar refractivity (Wildman–Crippen MR) is 183 cm³/mol. The molecule has 0 aliphatic rings. The van der Waals surface area contributed by atoms with Gasteiger partial charge in [-0.1, -0.05) is 75.3 Å². The van der Waals surface area contributed by atoms with Crippen LogP contribution in [0.4, 0.5) is 0 Å². The number of hydrogen-bond donors (Lipinski definition) is 5. The smallest absolute Gasteiger partial charge is 0.251 e. The molecular formula is C36H56N4O7.